The first-order valence-corrected chi connectivity index (χ1v) is 9.15. The molecule has 0 saturated carbocycles. The Morgan fingerprint density at radius 3 is 2.42 bits per heavy atom. The molecule has 5 N–H and O–H groups in total. The van der Waals surface area contributed by atoms with Crippen molar-refractivity contribution in [2.75, 3.05) is 5.32 Å². The van der Waals surface area contributed by atoms with Crippen molar-refractivity contribution in [3.8, 4) is 17.1 Å². The van der Waals surface area contributed by atoms with Gasteiger partial charge in [0.25, 0.3) is 5.91 Å². The fourth-order valence-electron chi connectivity index (χ4n) is 2.61. The van der Waals surface area contributed by atoms with Crippen molar-refractivity contribution in [3.05, 3.63) is 71.4 Å². The van der Waals surface area contributed by atoms with E-state index in [1.54, 1.807) is 24.3 Å². The number of nitrogens with one attached hydrogen (secondary N) is 1. The summed E-state index contributed by atoms with van der Waals surface area (Å²) in [4.78, 5) is 30.8. The number of hydrogen-bond donors (Lipinski definition) is 3. The van der Waals surface area contributed by atoms with E-state index in [2.05, 4.69) is 15.3 Å². The predicted molar refractivity (Wildman–Crippen MR) is 109 cm³/mol. The van der Waals surface area contributed by atoms with Gasteiger partial charge in [0.1, 0.15) is 30.0 Å². The summed E-state index contributed by atoms with van der Waals surface area (Å²) in [5, 5.41) is 2.66. The monoisotopic (exact) mass is 427 g/mol. The highest BCUT2D eigenvalue weighted by Gasteiger charge is 2.19. The molecule has 0 fully saturated rings. The second-order valence-electron chi connectivity index (χ2n) is 6.63. The van der Waals surface area contributed by atoms with Crippen molar-refractivity contribution in [1.82, 2.24) is 9.97 Å². The molecule has 2 aromatic carbocycles. The summed E-state index contributed by atoms with van der Waals surface area (Å²) in [7, 11) is 0. The average molecular weight is 427 g/mol. The van der Waals surface area contributed by atoms with E-state index in [0.29, 0.717) is 0 Å². The number of carbonyl (C=O) groups excluding carboxylic acids is 2. The van der Waals surface area contributed by atoms with Gasteiger partial charge in [0.05, 0.1) is 5.56 Å². The van der Waals surface area contributed by atoms with Crippen LogP contribution in [0.2, 0.25) is 0 Å². The third kappa shape index (κ3) is 5.30. The van der Waals surface area contributed by atoms with E-state index < -0.39 is 29.5 Å². The van der Waals surface area contributed by atoms with Crippen molar-refractivity contribution < 1.29 is 23.1 Å². The van der Waals surface area contributed by atoms with Crippen molar-refractivity contribution in [3.63, 3.8) is 0 Å². The molecule has 0 radical (unpaired) electrons. The van der Waals surface area contributed by atoms with Crippen molar-refractivity contribution in [2.24, 2.45) is 11.5 Å². The van der Waals surface area contributed by atoms with Crippen molar-refractivity contribution >= 4 is 17.6 Å². The molecule has 1 aromatic heterocycles. The first-order valence-electron chi connectivity index (χ1n) is 9.15. The lowest BCUT2D eigenvalue weighted by molar-refractivity contribution is -0.118. The van der Waals surface area contributed by atoms with E-state index in [1.807, 2.05) is 6.07 Å². The summed E-state index contributed by atoms with van der Waals surface area (Å²) in [5.74, 6) is -3.92. The van der Waals surface area contributed by atoms with Crippen LogP contribution in [0, 0.1) is 11.6 Å². The van der Waals surface area contributed by atoms with Crippen LogP contribution in [-0.4, -0.2) is 27.8 Å². The summed E-state index contributed by atoms with van der Waals surface area (Å²) in [6.07, 6.45) is 0. The smallest absolute Gasteiger partial charge is 0.267 e. The molecule has 0 aliphatic rings. The van der Waals surface area contributed by atoms with Crippen LogP contribution in [0.4, 0.5) is 14.6 Å². The van der Waals surface area contributed by atoms with Crippen LogP contribution in [0.3, 0.4) is 0 Å². The quantitative estimate of drug-likeness (QED) is 0.506. The number of amides is 2. The molecule has 3 rings (SSSR count). The zero-order valence-corrected chi connectivity index (χ0v) is 16.4. The summed E-state index contributed by atoms with van der Waals surface area (Å²) in [6, 6.07) is 11.0. The summed E-state index contributed by atoms with van der Waals surface area (Å²) in [5.41, 5.74) is 10.7. The molecule has 0 aliphatic heterocycles. The third-order valence-corrected chi connectivity index (χ3v) is 4.27. The van der Waals surface area contributed by atoms with Gasteiger partial charge in [0, 0.05) is 12.1 Å². The molecule has 0 bridgehead atoms. The Balaban J connectivity index is 1.94. The molecule has 10 heteroatoms. The van der Waals surface area contributed by atoms with Crippen LogP contribution in [0.5, 0.6) is 5.75 Å². The molecular formula is C21H19F2N5O3. The van der Waals surface area contributed by atoms with Gasteiger partial charge in [-0.3, -0.25) is 9.59 Å². The number of halogens is 2. The highest BCUT2D eigenvalue weighted by atomic mass is 19.1. The van der Waals surface area contributed by atoms with Gasteiger partial charge in [-0.2, -0.15) is 0 Å². The molecule has 0 aliphatic carbocycles. The topological polar surface area (TPSA) is 133 Å². The molecule has 31 heavy (non-hydrogen) atoms. The molecule has 8 nitrogen and oxygen atoms in total. The lowest BCUT2D eigenvalue weighted by Crippen LogP contribution is -2.33. The normalized spacial score (nSPS) is 11.6. The molecule has 1 unspecified atom stereocenters. The molecular weight excluding hydrogens is 408 g/mol. The number of nitrogens with two attached hydrogens (primary N) is 2. The largest absolute Gasteiger partial charge is 0.486 e. The van der Waals surface area contributed by atoms with Gasteiger partial charge in [-0.25, -0.2) is 18.7 Å². The number of benzene rings is 2. The number of anilines is 1. The van der Waals surface area contributed by atoms with Crippen LogP contribution in [0.1, 0.15) is 23.0 Å². The van der Waals surface area contributed by atoms with E-state index in [1.165, 1.54) is 13.0 Å². The summed E-state index contributed by atoms with van der Waals surface area (Å²) >= 11 is 0. The Hall–Kier alpha value is -4.08. The maximum absolute atomic E-state index is 14.8. The van der Waals surface area contributed by atoms with E-state index >= 15 is 0 Å². The first kappa shape index (κ1) is 21.6. The summed E-state index contributed by atoms with van der Waals surface area (Å²) in [6.45, 7) is 1.51. The second-order valence-corrected chi connectivity index (χ2v) is 6.63. The van der Waals surface area contributed by atoms with E-state index in [-0.39, 0.29) is 35.3 Å². The number of nitrogens with zero attached hydrogens (tertiary/aromatic N) is 2. The number of hydrogen-bond acceptors (Lipinski definition) is 6. The number of carbonyl (C=O) groups is 2. The van der Waals surface area contributed by atoms with E-state index in [9.17, 15) is 18.4 Å². The average Bonchev–Trinajstić information content (AvgIpc) is 2.74. The highest BCUT2D eigenvalue weighted by molar-refractivity contribution is 5.92. The Morgan fingerprint density at radius 2 is 1.77 bits per heavy atom. The minimum atomic E-state index is -0.915. The number of ether oxygens (including phenoxy) is 1. The van der Waals surface area contributed by atoms with Gasteiger partial charge in [0.2, 0.25) is 5.91 Å². The van der Waals surface area contributed by atoms with Crippen LogP contribution in [0.15, 0.2) is 48.5 Å². The highest BCUT2D eigenvalue weighted by Crippen LogP contribution is 2.28. The second kappa shape index (κ2) is 9.16. The molecule has 1 heterocycles. The minimum Gasteiger partial charge on any atom is -0.486 e. The van der Waals surface area contributed by atoms with Crippen molar-refractivity contribution in [2.45, 2.75) is 19.6 Å². The number of rotatable bonds is 8. The van der Waals surface area contributed by atoms with Gasteiger partial charge < -0.3 is 21.5 Å². The minimum absolute atomic E-state index is 0.00527. The van der Waals surface area contributed by atoms with Crippen LogP contribution >= 0.6 is 0 Å². The maximum atomic E-state index is 14.8. The van der Waals surface area contributed by atoms with Gasteiger partial charge in [-0.15, -0.1) is 0 Å². The standard InChI is InChI=1S/C21H19F2N5O3/c1-11(19(24)29)26-18-9-16(20(25)30)27-21(28-18)13-7-15(23)17(8-14(13)22)31-10-12-5-3-2-4-6-12/h2-9,11H,10H2,1H3,(H2,24,29)(H2,25,30)(H,26,27,28). The Labute approximate surface area is 176 Å². The number of aromatic nitrogens is 2. The van der Waals surface area contributed by atoms with Crippen LogP contribution in [0.25, 0.3) is 11.4 Å². The zero-order valence-electron chi connectivity index (χ0n) is 16.4. The molecule has 0 spiro atoms. The Bertz CT molecular complexity index is 1130. The van der Waals surface area contributed by atoms with Crippen LogP contribution < -0.4 is 21.5 Å². The summed E-state index contributed by atoms with van der Waals surface area (Å²) < 4.78 is 34.7. The molecule has 3 aromatic rings. The first-order chi connectivity index (χ1) is 14.7. The fraction of sp³-hybridized carbons (Fsp3) is 0.143. The SMILES string of the molecule is CC(Nc1cc(C(N)=O)nc(-c2cc(F)c(OCc3ccccc3)cc2F)n1)C(N)=O. The van der Waals surface area contributed by atoms with E-state index in [4.69, 9.17) is 16.2 Å². The van der Waals surface area contributed by atoms with Gasteiger partial charge in [0.15, 0.2) is 17.4 Å². The van der Waals surface area contributed by atoms with Gasteiger partial charge >= 0.3 is 0 Å². The van der Waals surface area contributed by atoms with Gasteiger partial charge in [-0.1, -0.05) is 30.3 Å². The Morgan fingerprint density at radius 1 is 1.06 bits per heavy atom. The van der Waals surface area contributed by atoms with Crippen molar-refractivity contribution in [1.29, 1.82) is 0 Å². The number of primary amides is 2. The molecule has 1 atom stereocenters. The molecule has 2 amide bonds. The van der Waals surface area contributed by atoms with E-state index in [0.717, 1.165) is 17.7 Å². The molecule has 0 saturated heterocycles. The fourth-order valence-corrected chi connectivity index (χ4v) is 2.61. The molecule has 160 valence electrons. The third-order valence-electron chi connectivity index (χ3n) is 4.27. The lowest BCUT2D eigenvalue weighted by atomic mass is 10.1. The van der Waals surface area contributed by atoms with Crippen LogP contribution in [-0.2, 0) is 11.4 Å². The Kier molecular flexibility index (Phi) is 6.39. The zero-order chi connectivity index (χ0) is 22.5. The maximum Gasteiger partial charge on any atom is 0.267 e. The lowest BCUT2D eigenvalue weighted by Gasteiger charge is -2.13. The van der Waals surface area contributed by atoms with Gasteiger partial charge in [-0.05, 0) is 18.6 Å². The predicted octanol–water partition coefficient (Wildman–Crippen LogP) is 2.39.